The molecule has 1 aromatic rings. The summed E-state index contributed by atoms with van der Waals surface area (Å²) in [6.07, 6.45) is 4.14. The molecule has 2 rings (SSSR count). The predicted octanol–water partition coefficient (Wildman–Crippen LogP) is 1.55. The molecule has 1 amide bonds. The van der Waals surface area contributed by atoms with Gasteiger partial charge in [0.15, 0.2) is 0 Å². The van der Waals surface area contributed by atoms with Gasteiger partial charge in [0, 0.05) is 19.1 Å². The molecule has 0 bridgehead atoms. The number of carbonyl (C=O) groups is 1. The fourth-order valence-corrected chi connectivity index (χ4v) is 2.59. The summed E-state index contributed by atoms with van der Waals surface area (Å²) in [6, 6.07) is 10.5. The van der Waals surface area contributed by atoms with Gasteiger partial charge in [0.2, 0.25) is 5.91 Å². The molecule has 1 saturated carbocycles. The summed E-state index contributed by atoms with van der Waals surface area (Å²) < 4.78 is 0. The number of nitrogens with two attached hydrogens (primary N) is 1. The summed E-state index contributed by atoms with van der Waals surface area (Å²) in [4.78, 5) is 14.4. The van der Waals surface area contributed by atoms with Crippen LogP contribution in [0.3, 0.4) is 0 Å². The average Bonchev–Trinajstić information content (AvgIpc) is 3.34. The molecule has 1 fully saturated rings. The third-order valence-electron chi connectivity index (χ3n) is 4.09. The Balaban J connectivity index is 1.63. The van der Waals surface area contributed by atoms with Crippen molar-refractivity contribution in [3.63, 3.8) is 0 Å². The van der Waals surface area contributed by atoms with E-state index >= 15 is 0 Å². The molecule has 0 saturated heterocycles. The summed E-state index contributed by atoms with van der Waals surface area (Å²) in [5, 5.41) is 2.96. The first kappa shape index (κ1) is 16.0. The van der Waals surface area contributed by atoms with Crippen LogP contribution in [-0.4, -0.2) is 42.5 Å². The number of nitrogens with zero attached hydrogens (tertiary/aromatic N) is 1. The Morgan fingerprint density at radius 2 is 2.10 bits per heavy atom. The van der Waals surface area contributed by atoms with Crippen molar-refractivity contribution < 1.29 is 4.79 Å². The van der Waals surface area contributed by atoms with Crippen molar-refractivity contribution in [2.75, 3.05) is 19.6 Å². The maximum atomic E-state index is 12.0. The van der Waals surface area contributed by atoms with Gasteiger partial charge in [-0.05, 0) is 37.8 Å². The number of amides is 1. The van der Waals surface area contributed by atoms with Crippen LogP contribution in [0.25, 0.3) is 0 Å². The van der Waals surface area contributed by atoms with E-state index in [1.54, 1.807) is 0 Å². The molecule has 0 aliphatic heterocycles. The fraction of sp³-hybridized carbons (Fsp3) is 0.588. The second-order valence-corrected chi connectivity index (χ2v) is 5.78. The predicted molar refractivity (Wildman–Crippen MR) is 86.0 cm³/mol. The lowest BCUT2D eigenvalue weighted by molar-refractivity contribution is -0.122. The highest BCUT2D eigenvalue weighted by molar-refractivity contribution is 5.81. The van der Waals surface area contributed by atoms with Crippen LogP contribution in [0.1, 0.15) is 31.7 Å². The molecule has 1 aliphatic carbocycles. The van der Waals surface area contributed by atoms with Crippen molar-refractivity contribution in [3.05, 3.63) is 35.9 Å². The number of carbonyl (C=O) groups excluding carboxylic acids is 1. The molecule has 0 aromatic heterocycles. The number of hydrogen-bond donors (Lipinski definition) is 2. The minimum atomic E-state index is -0.416. The standard InChI is InChI=1S/C17H27N3O/c1-2-20(15-9-10-15)13-12-19-17(21)16(18)11-8-14-6-4-3-5-7-14/h3-7,15-16H,2,8-13,18H2,1H3,(H,19,21). The quantitative estimate of drug-likeness (QED) is 0.725. The smallest absolute Gasteiger partial charge is 0.236 e. The van der Waals surface area contributed by atoms with Crippen molar-refractivity contribution in [1.82, 2.24) is 10.2 Å². The average molecular weight is 289 g/mol. The Bertz CT molecular complexity index is 431. The second kappa shape index (κ2) is 8.15. The summed E-state index contributed by atoms with van der Waals surface area (Å²) in [6.45, 7) is 4.85. The molecular weight excluding hydrogens is 262 g/mol. The van der Waals surface area contributed by atoms with E-state index in [4.69, 9.17) is 5.73 Å². The largest absolute Gasteiger partial charge is 0.353 e. The minimum absolute atomic E-state index is 0.0298. The fourth-order valence-electron chi connectivity index (χ4n) is 2.59. The van der Waals surface area contributed by atoms with Crippen molar-refractivity contribution in [2.24, 2.45) is 5.73 Å². The van der Waals surface area contributed by atoms with Crippen LogP contribution >= 0.6 is 0 Å². The highest BCUT2D eigenvalue weighted by Gasteiger charge is 2.27. The van der Waals surface area contributed by atoms with E-state index in [0.717, 1.165) is 25.6 Å². The molecule has 21 heavy (non-hydrogen) atoms. The summed E-state index contributed by atoms with van der Waals surface area (Å²) >= 11 is 0. The van der Waals surface area contributed by atoms with Crippen LogP contribution < -0.4 is 11.1 Å². The van der Waals surface area contributed by atoms with E-state index < -0.39 is 6.04 Å². The highest BCUT2D eigenvalue weighted by atomic mass is 16.2. The highest BCUT2D eigenvalue weighted by Crippen LogP contribution is 2.25. The SMILES string of the molecule is CCN(CCNC(=O)C(N)CCc1ccccc1)C1CC1. The number of hydrogen-bond acceptors (Lipinski definition) is 3. The van der Waals surface area contributed by atoms with Gasteiger partial charge in [-0.25, -0.2) is 0 Å². The molecule has 116 valence electrons. The normalized spacial score (nSPS) is 16.0. The zero-order chi connectivity index (χ0) is 15.1. The van der Waals surface area contributed by atoms with E-state index in [9.17, 15) is 4.79 Å². The third kappa shape index (κ3) is 5.48. The molecular formula is C17H27N3O. The number of likely N-dealkylation sites (N-methyl/N-ethyl adjacent to an activating group) is 1. The van der Waals surface area contributed by atoms with Gasteiger partial charge in [0.1, 0.15) is 0 Å². The first-order valence-corrected chi connectivity index (χ1v) is 8.02. The van der Waals surface area contributed by atoms with E-state index in [1.807, 2.05) is 18.2 Å². The number of benzene rings is 1. The second-order valence-electron chi connectivity index (χ2n) is 5.78. The summed E-state index contributed by atoms with van der Waals surface area (Å²) in [5.74, 6) is -0.0298. The van der Waals surface area contributed by atoms with Gasteiger partial charge in [-0.2, -0.15) is 0 Å². The third-order valence-corrected chi connectivity index (χ3v) is 4.09. The maximum Gasteiger partial charge on any atom is 0.236 e. The molecule has 4 nitrogen and oxygen atoms in total. The van der Waals surface area contributed by atoms with Crippen LogP contribution in [0.2, 0.25) is 0 Å². The molecule has 4 heteroatoms. The van der Waals surface area contributed by atoms with Crippen LogP contribution in [0.4, 0.5) is 0 Å². The molecule has 1 aliphatic rings. The zero-order valence-corrected chi connectivity index (χ0v) is 12.9. The van der Waals surface area contributed by atoms with Crippen molar-refractivity contribution >= 4 is 5.91 Å². The first-order chi connectivity index (χ1) is 10.2. The molecule has 1 atom stereocenters. The van der Waals surface area contributed by atoms with E-state index in [2.05, 4.69) is 29.3 Å². The van der Waals surface area contributed by atoms with Gasteiger partial charge in [-0.15, -0.1) is 0 Å². The Morgan fingerprint density at radius 1 is 1.38 bits per heavy atom. The molecule has 0 radical (unpaired) electrons. The van der Waals surface area contributed by atoms with E-state index in [1.165, 1.54) is 18.4 Å². The van der Waals surface area contributed by atoms with E-state index in [0.29, 0.717) is 13.0 Å². The van der Waals surface area contributed by atoms with E-state index in [-0.39, 0.29) is 5.91 Å². The molecule has 0 heterocycles. The Kier molecular flexibility index (Phi) is 6.21. The molecule has 3 N–H and O–H groups in total. The van der Waals surface area contributed by atoms with Gasteiger partial charge < -0.3 is 11.1 Å². The van der Waals surface area contributed by atoms with Crippen molar-refractivity contribution in [1.29, 1.82) is 0 Å². The van der Waals surface area contributed by atoms with Crippen LogP contribution in [-0.2, 0) is 11.2 Å². The van der Waals surface area contributed by atoms with Crippen LogP contribution in [0, 0.1) is 0 Å². The van der Waals surface area contributed by atoms with Crippen molar-refractivity contribution in [2.45, 2.75) is 44.7 Å². The van der Waals surface area contributed by atoms with Crippen molar-refractivity contribution in [3.8, 4) is 0 Å². The first-order valence-electron chi connectivity index (χ1n) is 8.02. The van der Waals surface area contributed by atoms with Gasteiger partial charge in [-0.1, -0.05) is 37.3 Å². The Labute approximate surface area is 127 Å². The topological polar surface area (TPSA) is 58.4 Å². The Hall–Kier alpha value is -1.39. The number of nitrogens with one attached hydrogen (secondary N) is 1. The van der Waals surface area contributed by atoms with Crippen LogP contribution in [0.15, 0.2) is 30.3 Å². The van der Waals surface area contributed by atoms with Gasteiger partial charge in [0.25, 0.3) is 0 Å². The summed E-state index contributed by atoms with van der Waals surface area (Å²) in [5.41, 5.74) is 7.19. The van der Waals surface area contributed by atoms with Gasteiger partial charge in [0.05, 0.1) is 6.04 Å². The van der Waals surface area contributed by atoms with Crippen LogP contribution in [0.5, 0.6) is 0 Å². The maximum absolute atomic E-state index is 12.0. The number of aryl methyl sites for hydroxylation is 1. The lowest BCUT2D eigenvalue weighted by Crippen LogP contribution is -2.44. The summed E-state index contributed by atoms with van der Waals surface area (Å²) in [7, 11) is 0. The molecule has 1 unspecified atom stereocenters. The zero-order valence-electron chi connectivity index (χ0n) is 12.9. The lowest BCUT2D eigenvalue weighted by Gasteiger charge is -2.20. The molecule has 0 spiro atoms. The Morgan fingerprint density at radius 3 is 2.71 bits per heavy atom. The van der Waals surface area contributed by atoms with Gasteiger partial charge in [-0.3, -0.25) is 9.69 Å². The van der Waals surface area contributed by atoms with Gasteiger partial charge >= 0.3 is 0 Å². The number of rotatable bonds is 9. The minimum Gasteiger partial charge on any atom is -0.353 e. The molecule has 1 aromatic carbocycles. The lowest BCUT2D eigenvalue weighted by atomic mass is 10.1. The monoisotopic (exact) mass is 289 g/mol.